The summed E-state index contributed by atoms with van der Waals surface area (Å²) < 4.78 is 24.7. The largest absolute Gasteiger partial charge is 0.488 e. The highest BCUT2D eigenvalue weighted by Crippen LogP contribution is 2.46. The predicted octanol–water partition coefficient (Wildman–Crippen LogP) is 4.38. The molecule has 3 aliphatic rings. The molecule has 0 aliphatic carbocycles. The van der Waals surface area contributed by atoms with Crippen LogP contribution >= 0.6 is 11.6 Å². The summed E-state index contributed by atoms with van der Waals surface area (Å²) in [5, 5.41) is 1.54. The number of aromatic amines is 1. The van der Waals surface area contributed by atoms with E-state index in [0.717, 1.165) is 27.7 Å². The van der Waals surface area contributed by atoms with Gasteiger partial charge in [0.2, 0.25) is 0 Å². The number of benzene rings is 2. The first kappa shape index (κ1) is 21.4. The highest BCUT2D eigenvalue weighted by Gasteiger charge is 2.50. The van der Waals surface area contributed by atoms with E-state index in [1.54, 1.807) is 6.07 Å². The Bertz CT molecular complexity index is 1380. The fourth-order valence-corrected chi connectivity index (χ4v) is 5.90. The zero-order valence-corrected chi connectivity index (χ0v) is 19.2. The number of fused-ring (bicyclic) bond motifs is 7. The van der Waals surface area contributed by atoms with Crippen molar-refractivity contribution in [3.05, 3.63) is 70.7 Å². The average molecular weight is 481 g/mol. The fourth-order valence-electron chi connectivity index (χ4n) is 5.64. The number of para-hydroxylation sites is 1. The third kappa shape index (κ3) is 3.18. The second-order valence-electron chi connectivity index (χ2n) is 9.03. The third-order valence-corrected chi connectivity index (χ3v) is 7.73. The van der Waals surface area contributed by atoms with Crippen molar-refractivity contribution in [2.75, 3.05) is 20.3 Å². The monoisotopic (exact) mass is 480 g/mol. The highest BCUT2D eigenvalue weighted by molar-refractivity contribution is 6.49. The van der Waals surface area contributed by atoms with Crippen molar-refractivity contribution in [3.8, 4) is 5.75 Å². The number of carbonyl (C=O) groups excluding carboxylic acids is 2. The van der Waals surface area contributed by atoms with Gasteiger partial charge in [-0.25, -0.2) is 4.39 Å². The first-order valence-electron chi connectivity index (χ1n) is 11.2. The molecule has 3 aromatic rings. The van der Waals surface area contributed by atoms with E-state index in [1.807, 2.05) is 18.2 Å². The second kappa shape index (κ2) is 7.96. The Hall–Kier alpha value is -3.16. The summed E-state index contributed by atoms with van der Waals surface area (Å²) in [7, 11) is 1.31. The summed E-state index contributed by atoms with van der Waals surface area (Å²) in [6, 6.07) is 11.6. The minimum Gasteiger partial charge on any atom is -0.488 e. The fraction of sp³-hybridized carbons (Fsp3) is 0.308. The van der Waals surface area contributed by atoms with E-state index in [4.69, 9.17) is 21.1 Å². The number of methoxy groups -OCH3 is 1. The van der Waals surface area contributed by atoms with E-state index in [2.05, 4.69) is 16.0 Å². The van der Waals surface area contributed by atoms with Gasteiger partial charge < -0.3 is 14.5 Å². The lowest BCUT2D eigenvalue weighted by Crippen LogP contribution is -2.57. The molecule has 2 aromatic carbocycles. The van der Waals surface area contributed by atoms with Gasteiger partial charge in [-0.2, -0.15) is 0 Å². The molecule has 6 nitrogen and oxygen atoms in total. The molecule has 3 aliphatic heterocycles. The molecule has 1 saturated heterocycles. The highest BCUT2D eigenvalue weighted by atomic mass is 35.5. The number of ether oxygens (including phenoxy) is 2. The molecule has 0 amide bonds. The van der Waals surface area contributed by atoms with Crippen molar-refractivity contribution in [1.29, 1.82) is 0 Å². The maximum Gasteiger partial charge on any atom is 0.316 e. The average Bonchev–Trinajstić information content (AvgIpc) is 3.21. The van der Waals surface area contributed by atoms with Crippen molar-refractivity contribution in [2.24, 2.45) is 5.92 Å². The van der Waals surface area contributed by atoms with Gasteiger partial charge in [0, 0.05) is 34.3 Å². The van der Waals surface area contributed by atoms with E-state index >= 15 is 0 Å². The second-order valence-corrected chi connectivity index (χ2v) is 9.41. The normalized spacial score (nSPS) is 24.0. The zero-order chi connectivity index (χ0) is 23.6. The Labute approximate surface area is 200 Å². The van der Waals surface area contributed by atoms with Crippen LogP contribution in [0.1, 0.15) is 29.3 Å². The van der Waals surface area contributed by atoms with Crippen LogP contribution in [0.25, 0.3) is 15.9 Å². The van der Waals surface area contributed by atoms with Gasteiger partial charge in [-0.1, -0.05) is 29.8 Å². The summed E-state index contributed by atoms with van der Waals surface area (Å²) in [6.45, 7) is 0.625. The van der Waals surface area contributed by atoms with Gasteiger partial charge in [-0.05, 0) is 42.7 Å². The number of nitrogens with zero attached hydrogens (tertiary/aromatic N) is 1. The lowest BCUT2D eigenvalue weighted by molar-refractivity contribution is -0.156. The SMILES string of the molecule is COC(=O)C1C[C@H]2c3[nH]c4ccccc4c3C[C@@H](C1=O)N2CC1=C(Cl)c2cc(F)ccc2OC1. The summed E-state index contributed by atoms with van der Waals surface area (Å²) in [6.07, 6.45) is 0.804. The molecule has 0 radical (unpaired) electrons. The van der Waals surface area contributed by atoms with Crippen LogP contribution in [0, 0.1) is 11.7 Å². The summed E-state index contributed by atoms with van der Waals surface area (Å²) in [5.41, 5.74) is 4.42. The van der Waals surface area contributed by atoms with Crippen LogP contribution in [0.3, 0.4) is 0 Å². The topological polar surface area (TPSA) is 71.6 Å². The minimum atomic E-state index is -0.808. The van der Waals surface area contributed by atoms with Gasteiger partial charge in [-0.15, -0.1) is 0 Å². The number of nitrogens with one attached hydrogen (secondary N) is 1. The van der Waals surface area contributed by atoms with Crippen molar-refractivity contribution < 1.29 is 23.5 Å². The molecule has 1 unspecified atom stereocenters. The van der Waals surface area contributed by atoms with E-state index in [9.17, 15) is 14.0 Å². The smallest absolute Gasteiger partial charge is 0.316 e. The number of piperidine rings is 1. The third-order valence-electron chi connectivity index (χ3n) is 7.26. The van der Waals surface area contributed by atoms with Crippen LogP contribution in [-0.2, 0) is 20.7 Å². The maximum absolute atomic E-state index is 13.9. The Kier molecular flexibility index (Phi) is 5.00. The van der Waals surface area contributed by atoms with Crippen molar-refractivity contribution >= 4 is 39.3 Å². The van der Waals surface area contributed by atoms with E-state index in [-0.39, 0.29) is 18.4 Å². The molecular weight excluding hydrogens is 459 g/mol. The number of aromatic nitrogens is 1. The molecule has 0 spiro atoms. The van der Waals surface area contributed by atoms with Gasteiger partial charge in [0.1, 0.15) is 24.1 Å². The van der Waals surface area contributed by atoms with Crippen LogP contribution in [0.4, 0.5) is 4.39 Å². The van der Waals surface area contributed by atoms with E-state index < -0.39 is 23.7 Å². The Balaban J connectivity index is 1.43. The maximum atomic E-state index is 13.9. The number of Topliss-reactive ketones (excluding diaryl/α,β-unsaturated/α-hetero) is 1. The predicted molar refractivity (Wildman–Crippen MR) is 125 cm³/mol. The van der Waals surface area contributed by atoms with Gasteiger partial charge >= 0.3 is 5.97 Å². The lowest BCUT2D eigenvalue weighted by atomic mass is 9.76. The first-order valence-corrected chi connectivity index (χ1v) is 11.6. The number of esters is 1. The molecule has 1 N–H and O–H groups in total. The van der Waals surface area contributed by atoms with Crippen molar-refractivity contribution in [1.82, 2.24) is 9.88 Å². The number of hydrogen-bond donors (Lipinski definition) is 1. The molecule has 6 rings (SSSR count). The zero-order valence-electron chi connectivity index (χ0n) is 18.4. The van der Waals surface area contributed by atoms with E-state index in [0.29, 0.717) is 35.7 Å². The molecule has 174 valence electrons. The Morgan fingerprint density at radius 3 is 2.91 bits per heavy atom. The van der Waals surface area contributed by atoms with Gasteiger partial charge in [0.15, 0.2) is 5.78 Å². The Morgan fingerprint density at radius 2 is 2.09 bits per heavy atom. The molecule has 2 bridgehead atoms. The molecular formula is C26H22ClFN2O4. The molecule has 1 aromatic heterocycles. The quantitative estimate of drug-likeness (QED) is 0.445. The minimum absolute atomic E-state index is 0.140. The van der Waals surface area contributed by atoms with Crippen LogP contribution < -0.4 is 4.74 Å². The van der Waals surface area contributed by atoms with Crippen molar-refractivity contribution in [2.45, 2.75) is 24.9 Å². The first-order chi connectivity index (χ1) is 16.5. The molecule has 1 fully saturated rings. The van der Waals surface area contributed by atoms with Crippen LogP contribution in [0.2, 0.25) is 0 Å². The summed E-state index contributed by atoms with van der Waals surface area (Å²) in [4.78, 5) is 31.6. The number of rotatable bonds is 3. The van der Waals surface area contributed by atoms with Gasteiger partial charge in [0.05, 0.1) is 24.2 Å². The number of ketones is 1. The van der Waals surface area contributed by atoms with E-state index in [1.165, 1.54) is 19.2 Å². The van der Waals surface area contributed by atoms with Gasteiger partial charge in [0.25, 0.3) is 0 Å². The molecule has 4 heterocycles. The van der Waals surface area contributed by atoms with Crippen LogP contribution in [-0.4, -0.2) is 47.9 Å². The number of H-pyrrole nitrogens is 1. The molecule has 3 atom stereocenters. The number of hydrogen-bond acceptors (Lipinski definition) is 5. The van der Waals surface area contributed by atoms with Crippen LogP contribution in [0.5, 0.6) is 5.75 Å². The van der Waals surface area contributed by atoms with Gasteiger partial charge in [-0.3, -0.25) is 14.5 Å². The molecule has 34 heavy (non-hydrogen) atoms. The lowest BCUT2D eigenvalue weighted by Gasteiger charge is -2.47. The van der Waals surface area contributed by atoms with Crippen LogP contribution in [0.15, 0.2) is 48.0 Å². The van der Waals surface area contributed by atoms with Crippen molar-refractivity contribution in [3.63, 3.8) is 0 Å². The molecule has 8 heteroatoms. The standard InChI is InChI=1S/C26H22ClFN2O4/c1-33-26(32)18-10-20-24-16(15-4-2-3-5-19(15)29-24)9-21(25(18)31)30(20)11-13-12-34-22-7-6-14(28)8-17(22)23(13)27/h2-8,18,20-21,29H,9-12H2,1H3/t18?,20-,21-/m0/s1. The Morgan fingerprint density at radius 1 is 1.26 bits per heavy atom. The number of halogens is 2. The summed E-state index contributed by atoms with van der Waals surface area (Å²) >= 11 is 6.70. The summed E-state index contributed by atoms with van der Waals surface area (Å²) in [5.74, 6) is -1.30. The molecule has 0 saturated carbocycles. The number of carbonyl (C=O) groups is 2.